The molecule has 0 aliphatic heterocycles. The zero-order chi connectivity index (χ0) is 13.3. The largest absolute Gasteiger partial charge is 0.461 e. The third-order valence-electron chi connectivity index (χ3n) is 2.97. The van der Waals surface area contributed by atoms with Crippen LogP contribution in [0.5, 0.6) is 0 Å². The molecule has 1 heterocycles. The van der Waals surface area contributed by atoms with Crippen molar-refractivity contribution in [1.29, 1.82) is 0 Å². The first-order valence-electron chi connectivity index (χ1n) is 5.66. The smallest absolute Gasteiger partial charge is 0.182 e. The van der Waals surface area contributed by atoms with E-state index in [0.29, 0.717) is 6.42 Å². The molecule has 96 valence electrons. The lowest BCUT2D eigenvalue weighted by atomic mass is 10.0. The second-order valence-corrected chi connectivity index (χ2v) is 4.00. The average Bonchev–Trinajstić information content (AvgIpc) is 2.85. The van der Waals surface area contributed by atoms with Crippen LogP contribution < -0.4 is 5.32 Å². The van der Waals surface area contributed by atoms with Crippen molar-refractivity contribution in [1.82, 2.24) is 5.32 Å². The third-order valence-corrected chi connectivity index (χ3v) is 2.97. The van der Waals surface area contributed by atoms with Gasteiger partial charge in [-0.25, -0.2) is 8.78 Å². The number of carbonyl (C=O) groups excluding carboxylic acids is 1. The Morgan fingerprint density at radius 3 is 2.83 bits per heavy atom. The Labute approximate surface area is 103 Å². The molecular formula is C13H13F2NO2. The van der Waals surface area contributed by atoms with Gasteiger partial charge in [-0.1, -0.05) is 6.92 Å². The third kappa shape index (κ3) is 1.90. The van der Waals surface area contributed by atoms with E-state index in [1.165, 1.54) is 12.3 Å². The normalized spacial score (nSPS) is 12.9. The van der Waals surface area contributed by atoms with Gasteiger partial charge in [0.25, 0.3) is 0 Å². The van der Waals surface area contributed by atoms with Gasteiger partial charge in [-0.3, -0.25) is 4.79 Å². The van der Waals surface area contributed by atoms with Crippen molar-refractivity contribution >= 4 is 16.8 Å². The number of hydrogen-bond donors (Lipinski definition) is 1. The summed E-state index contributed by atoms with van der Waals surface area (Å²) in [5, 5.41) is 2.81. The molecule has 0 saturated heterocycles. The van der Waals surface area contributed by atoms with Gasteiger partial charge < -0.3 is 9.73 Å². The van der Waals surface area contributed by atoms with Crippen molar-refractivity contribution in [2.24, 2.45) is 0 Å². The monoisotopic (exact) mass is 253 g/mol. The molecule has 0 amide bonds. The fraction of sp³-hybridized carbons (Fsp3) is 0.308. The van der Waals surface area contributed by atoms with E-state index in [0.717, 1.165) is 6.07 Å². The molecule has 1 aromatic carbocycles. The molecule has 0 aliphatic carbocycles. The van der Waals surface area contributed by atoms with Crippen LogP contribution in [-0.2, 0) is 0 Å². The van der Waals surface area contributed by atoms with Crippen LogP contribution in [0.15, 0.2) is 22.8 Å². The van der Waals surface area contributed by atoms with Gasteiger partial charge in [0, 0.05) is 0 Å². The van der Waals surface area contributed by atoms with Gasteiger partial charge in [0.05, 0.1) is 23.3 Å². The maximum absolute atomic E-state index is 14.1. The molecule has 2 aromatic rings. The highest BCUT2D eigenvalue weighted by atomic mass is 19.1. The first-order chi connectivity index (χ1) is 8.60. The Balaban J connectivity index is 2.57. The van der Waals surface area contributed by atoms with Crippen LogP contribution in [0, 0.1) is 11.6 Å². The first-order valence-corrected chi connectivity index (χ1v) is 5.66. The molecule has 0 aliphatic rings. The molecule has 0 fully saturated rings. The van der Waals surface area contributed by atoms with E-state index in [1.807, 2.05) is 0 Å². The summed E-state index contributed by atoms with van der Waals surface area (Å²) < 4.78 is 32.6. The molecule has 1 aromatic heterocycles. The lowest BCUT2D eigenvalue weighted by molar-refractivity contribution is 0.0940. The van der Waals surface area contributed by atoms with Crippen molar-refractivity contribution in [3.05, 3.63) is 35.6 Å². The van der Waals surface area contributed by atoms with E-state index in [1.54, 1.807) is 14.0 Å². The van der Waals surface area contributed by atoms with Crippen LogP contribution in [0.25, 0.3) is 11.0 Å². The standard InChI is InChI=1S/C13H13F2NO2/c1-3-10(16-2)12(17)8-6-9(14)7-4-5-18-13(7)11(8)15/h4-6,10,16H,3H2,1-2H3. The van der Waals surface area contributed by atoms with E-state index in [9.17, 15) is 13.6 Å². The van der Waals surface area contributed by atoms with Crippen LogP contribution in [0.3, 0.4) is 0 Å². The number of furan rings is 1. The predicted octanol–water partition coefficient (Wildman–Crippen LogP) is 2.89. The van der Waals surface area contributed by atoms with E-state index < -0.39 is 23.5 Å². The summed E-state index contributed by atoms with van der Waals surface area (Å²) in [6, 6.07) is 1.72. The van der Waals surface area contributed by atoms with Gasteiger partial charge >= 0.3 is 0 Å². The molecule has 1 atom stereocenters. The molecule has 5 heteroatoms. The molecule has 0 bridgehead atoms. The molecule has 1 N–H and O–H groups in total. The lowest BCUT2D eigenvalue weighted by Crippen LogP contribution is -2.33. The van der Waals surface area contributed by atoms with E-state index in [2.05, 4.69) is 5.32 Å². The molecule has 0 saturated carbocycles. The van der Waals surface area contributed by atoms with Gasteiger partial charge in [-0.05, 0) is 25.6 Å². The number of halogens is 2. The second-order valence-electron chi connectivity index (χ2n) is 4.00. The average molecular weight is 253 g/mol. The highest BCUT2D eigenvalue weighted by Gasteiger charge is 2.24. The van der Waals surface area contributed by atoms with Gasteiger partial charge in [0.15, 0.2) is 17.2 Å². The Morgan fingerprint density at radius 2 is 2.22 bits per heavy atom. The summed E-state index contributed by atoms with van der Waals surface area (Å²) in [6.45, 7) is 1.79. The Morgan fingerprint density at radius 1 is 1.50 bits per heavy atom. The van der Waals surface area contributed by atoms with Gasteiger partial charge in [-0.15, -0.1) is 0 Å². The van der Waals surface area contributed by atoms with E-state index in [-0.39, 0.29) is 16.5 Å². The zero-order valence-corrected chi connectivity index (χ0v) is 10.1. The number of carbonyl (C=O) groups is 1. The fourth-order valence-electron chi connectivity index (χ4n) is 1.95. The number of hydrogen-bond acceptors (Lipinski definition) is 3. The lowest BCUT2D eigenvalue weighted by Gasteiger charge is -2.13. The number of Topliss-reactive ketones (excluding diaryl/α,β-unsaturated/α-hetero) is 1. The summed E-state index contributed by atoms with van der Waals surface area (Å²) in [6.07, 6.45) is 1.69. The van der Waals surface area contributed by atoms with E-state index >= 15 is 0 Å². The van der Waals surface area contributed by atoms with Gasteiger partial charge in [0.1, 0.15) is 5.82 Å². The van der Waals surface area contributed by atoms with Gasteiger partial charge in [-0.2, -0.15) is 0 Å². The number of fused-ring (bicyclic) bond motifs is 1. The van der Waals surface area contributed by atoms with Crippen molar-refractivity contribution in [2.45, 2.75) is 19.4 Å². The predicted molar refractivity (Wildman–Crippen MR) is 63.6 cm³/mol. The number of rotatable bonds is 4. The van der Waals surface area contributed by atoms with Crippen molar-refractivity contribution in [3.63, 3.8) is 0 Å². The Bertz CT molecular complexity index is 588. The molecule has 0 radical (unpaired) electrons. The fourth-order valence-corrected chi connectivity index (χ4v) is 1.95. The van der Waals surface area contributed by atoms with Crippen LogP contribution in [-0.4, -0.2) is 18.9 Å². The quantitative estimate of drug-likeness (QED) is 0.852. The minimum Gasteiger partial charge on any atom is -0.461 e. The molecule has 2 rings (SSSR count). The van der Waals surface area contributed by atoms with Crippen molar-refractivity contribution in [2.75, 3.05) is 7.05 Å². The number of nitrogens with one attached hydrogen (secondary N) is 1. The Kier molecular flexibility index (Phi) is 3.43. The topological polar surface area (TPSA) is 42.2 Å². The first kappa shape index (κ1) is 12.7. The molecule has 3 nitrogen and oxygen atoms in total. The summed E-state index contributed by atoms with van der Waals surface area (Å²) >= 11 is 0. The number of likely N-dealkylation sites (N-methyl/N-ethyl adjacent to an activating group) is 1. The highest BCUT2D eigenvalue weighted by Crippen LogP contribution is 2.26. The molecule has 0 spiro atoms. The minimum absolute atomic E-state index is 0.0431. The van der Waals surface area contributed by atoms with Crippen molar-refractivity contribution in [3.8, 4) is 0 Å². The zero-order valence-electron chi connectivity index (χ0n) is 10.1. The maximum Gasteiger partial charge on any atom is 0.182 e. The van der Waals surface area contributed by atoms with E-state index in [4.69, 9.17) is 4.42 Å². The van der Waals surface area contributed by atoms with Crippen LogP contribution in [0.4, 0.5) is 8.78 Å². The minimum atomic E-state index is -0.810. The van der Waals surface area contributed by atoms with Gasteiger partial charge in [0.2, 0.25) is 0 Å². The SMILES string of the molecule is CCC(NC)C(=O)c1cc(F)c2ccoc2c1F. The summed E-state index contributed by atoms with van der Waals surface area (Å²) in [4.78, 5) is 12.0. The summed E-state index contributed by atoms with van der Waals surface area (Å²) in [7, 11) is 1.60. The molecule has 1 unspecified atom stereocenters. The number of benzene rings is 1. The van der Waals surface area contributed by atoms with Crippen molar-refractivity contribution < 1.29 is 18.0 Å². The van der Waals surface area contributed by atoms with Crippen LogP contribution >= 0.6 is 0 Å². The van der Waals surface area contributed by atoms with Crippen LogP contribution in [0.1, 0.15) is 23.7 Å². The highest BCUT2D eigenvalue weighted by molar-refractivity contribution is 6.02. The second kappa shape index (κ2) is 4.86. The molecule has 18 heavy (non-hydrogen) atoms. The summed E-state index contributed by atoms with van der Waals surface area (Å²) in [5.74, 6) is -1.95. The molecular weight excluding hydrogens is 240 g/mol. The van der Waals surface area contributed by atoms with Crippen LogP contribution in [0.2, 0.25) is 0 Å². The Hall–Kier alpha value is -1.75. The number of ketones is 1. The summed E-state index contributed by atoms with van der Waals surface area (Å²) in [5.41, 5.74) is -0.500. The maximum atomic E-state index is 14.1.